The van der Waals surface area contributed by atoms with Crippen LogP contribution in [0, 0.1) is 30.1 Å². The number of terminal acetylenes is 1. The fourth-order valence-electron chi connectivity index (χ4n) is 0.997. The Labute approximate surface area is 97.9 Å². The summed E-state index contributed by atoms with van der Waals surface area (Å²) >= 11 is 0. The molecule has 0 unspecified atom stereocenters. The molecule has 16 heavy (non-hydrogen) atoms. The maximum Gasteiger partial charge on any atom is 0.267 e. The van der Waals surface area contributed by atoms with E-state index in [1.807, 2.05) is 6.92 Å². The Balaban J connectivity index is 4.20. The van der Waals surface area contributed by atoms with Gasteiger partial charge in [-0.1, -0.05) is 18.8 Å². The van der Waals surface area contributed by atoms with Crippen LogP contribution in [-0.2, 0) is 4.79 Å². The van der Waals surface area contributed by atoms with E-state index in [4.69, 9.17) is 6.42 Å². The zero-order valence-electron chi connectivity index (χ0n) is 10.4. The van der Waals surface area contributed by atoms with E-state index in [0.717, 1.165) is 0 Å². The molecule has 0 aromatic carbocycles. The molecule has 0 aromatic heterocycles. The lowest BCUT2D eigenvalue weighted by molar-refractivity contribution is -0.121. The molecule has 3 nitrogen and oxygen atoms in total. The minimum Gasteiger partial charge on any atom is -0.344 e. The van der Waals surface area contributed by atoms with Gasteiger partial charge in [-0.3, -0.25) is 9.79 Å². The van der Waals surface area contributed by atoms with E-state index < -0.39 is 0 Å². The Morgan fingerprint density at radius 3 is 2.62 bits per heavy atom. The number of amides is 1. The standard InChI is InChI=1S/C13H18N2O/c1-6-8-11(2)9-7-10-14-12(3)13(16)15(4)5/h1,11H,8,10H2,2-5H3/b14-12+/t11-/m1/s1. The molecule has 1 amide bonds. The molecular weight excluding hydrogens is 200 g/mol. The summed E-state index contributed by atoms with van der Waals surface area (Å²) in [5, 5.41) is 0. The molecule has 0 bridgehead atoms. The molecule has 0 saturated heterocycles. The lowest BCUT2D eigenvalue weighted by Crippen LogP contribution is -2.28. The smallest absolute Gasteiger partial charge is 0.267 e. The van der Waals surface area contributed by atoms with Crippen LogP contribution in [-0.4, -0.2) is 37.2 Å². The largest absolute Gasteiger partial charge is 0.344 e. The molecule has 86 valence electrons. The van der Waals surface area contributed by atoms with Crippen LogP contribution in [0.3, 0.4) is 0 Å². The molecule has 0 N–H and O–H groups in total. The molecule has 0 heterocycles. The van der Waals surface area contributed by atoms with Crippen molar-refractivity contribution in [3.63, 3.8) is 0 Å². The van der Waals surface area contributed by atoms with E-state index >= 15 is 0 Å². The molecule has 0 radical (unpaired) electrons. The number of nitrogens with zero attached hydrogens (tertiary/aromatic N) is 2. The van der Waals surface area contributed by atoms with E-state index in [2.05, 4.69) is 22.8 Å². The van der Waals surface area contributed by atoms with Gasteiger partial charge in [-0.25, -0.2) is 0 Å². The maximum atomic E-state index is 11.4. The van der Waals surface area contributed by atoms with Gasteiger partial charge in [0, 0.05) is 26.4 Å². The van der Waals surface area contributed by atoms with Crippen molar-refractivity contribution in [1.29, 1.82) is 0 Å². The lowest BCUT2D eigenvalue weighted by atomic mass is 10.1. The van der Waals surface area contributed by atoms with Crippen LogP contribution in [0.1, 0.15) is 20.3 Å². The number of rotatable bonds is 3. The van der Waals surface area contributed by atoms with E-state index in [1.165, 1.54) is 4.90 Å². The first-order chi connectivity index (χ1) is 7.49. The van der Waals surface area contributed by atoms with Crippen molar-refractivity contribution in [2.75, 3.05) is 20.6 Å². The summed E-state index contributed by atoms with van der Waals surface area (Å²) in [6.45, 7) is 4.00. The van der Waals surface area contributed by atoms with Gasteiger partial charge in [0.15, 0.2) is 0 Å². The van der Waals surface area contributed by atoms with E-state index in [0.29, 0.717) is 18.7 Å². The third-order valence-electron chi connectivity index (χ3n) is 1.88. The Bertz CT molecular complexity index is 364. The minimum absolute atomic E-state index is 0.0847. The zero-order chi connectivity index (χ0) is 12.6. The number of carbonyl (C=O) groups is 1. The van der Waals surface area contributed by atoms with Crippen LogP contribution in [0.4, 0.5) is 0 Å². The highest BCUT2D eigenvalue weighted by atomic mass is 16.2. The molecule has 1 atom stereocenters. The second-order valence-corrected chi connectivity index (χ2v) is 3.73. The summed E-state index contributed by atoms with van der Waals surface area (Å²) in [4.78, 5) is 17.0. The molecule has 3 heteroatoms. The maximum absolute atomic E-state index is 11.4. The Hall–Kier alpha value is -1.74. The Morgan fingerprint density at radius 2 is 2.12 bits per heavy atom. The summed E-state index contributed by atoms with van der Waals surface area (Å²) in [6, 6.07) is 0. The van der Waals surface area contributed by atoms with Crippen molar-refractivity contribution in [1.82, 2.24) is 4.90 Å². The monoisotopic (exact) mass is 218 g/mol. The second-order valence-electron chi connectivity index (χ2n) is 3.73. The van der Waals surface area contributed by atoms with Crippen LogP contribution >= 0.6 is 0 Å². The van der Waals surface area contributed by atoms with Crippen molar-refractivity contribution >= 4 is 11.6 Å². The molecular formula is C13H18N2O. The van der Waals surface area contributed by atoms with Crippen LogP contribution in [0.2, 0.25) is 0 Å². The predicted molar refractivity (Wildman–Crippen MR) is 67.1 cm³/mol. The van der Waals surface area contributed by atoms with Crippen molar-refractivity contribution in [3.8, 4) is 24.2 Å². The van der Waals surface area contributed by atoms with E-state index in [-0.39, 0.29) is 11.8 Å². The SMILES string of the molecule is C#CC[C@@H](C)C#CC/N=C(\C)C(=O)N(C)C. The molecule has 0 spiro atoms. The number of hydrogen-bond acceptors (Lipinski definition) is 2. The zero-order valence-corrected chi connectivity index (χ0v) is 10.4. The molecule has 0 rings (SSSR count). The summed E-state index contributed by atoms with van der Waals surface area (Å²) in [5.74, 6) is 8.53. The fraction of sp³-hybridized carbons (Fsp3) is 0.538. The number of aliphatic imine (C=N–C) groups is 1. The first-order valence-corrected chi connectivity index (χ1v) is 5.13. The van der Waals surface area contributed by atoms with Crippen molar-refractivity contribution in [2.45, 2.75) is 20.3 Å². The van der Waals surface area contributed by atoms with Crippen molar-refractivity contribution in [2.24, 2.45) is 10.9 Å². The topological polar surface area (TPSA) is 32.7 Å². The molecule has 0 saturated carbocycles. The second kappa shape index (κ2) is 7.54. The summed E-state index contributed by atoms with van der Waals surface area (Å²) < 4.78 is 0. The van der Waals surface area contributed by atoms with Gasteiger partial charge in [0.05, 0.1) is 5.71 Å². The summed E-state index contributed by atoms with van der Waals surface area (Å²) in [5.41, 5.74) is 0.476. The highest BCUT2D eigenvalue weighted by Crippen LogP contribution is 1.96. The predicted octanol–water partition coefficient (Wildman–Crippen LogP) is 1.20. The summed E-state index contributed by atoms with van der Waals surface area (Å²) in [6.07, 6.45) is 5.80. The first-order valence-electron chi connectivity index (χ1n) is 5.13. The summed E-state index contributed by atoms with van der Waals surface area (Å²) in [7, 11) is 3.39. The third-order valence-corrected chi connectivity index (χ3v) is 1.88. The number of hydrogen-bond donors (Lipinski definition) is 0. The molecule has 0 fully saturated rings. The normalized spacial score (nSPS) is 12.1. The van der Waals surface area contributed by atoms with Gasteiger partial charge in [0.2, 0.25) is 0 Å². The van der Waals surface area contributed by atoms with Gasteiger partial charge >= 0.3 is 0 Å². The fourth-order valence-corrected chi connectivity index (χ4v) is 0.997. The quantitative estimate of drug-likeness (QED) is 0.517. The van der Waals surface area contributed by atoms with Gasteiger partial charge in [0.1, 0.15) is 6.54 Å². The van der Waals surface area contributed by atoms with Gasteiger partial charge in [-0.05, 0) is 6.92 Å². The highest BCUT2D eigenvalue weighted by molar-refractivity contribution is 6.37. The van der Waals surface area contributed by atoms with Crippen molar-refractivity contribution < 1.29 is 4.79 Å². The average Bonchev–Trinajstić information content (AvgIpc) is 2.23. The average molecular weight is 218 g/mol. The molecule has 0 aromatic rings. The van der Waals surface area contributed by atoms with Gasteiger partial charge in [-0.2, -0.15) is 0 Å². The Kier molecular flexibility index (Phi) is 6.72. The number of carbonyl (C=O) groups excluding carboxylic acids is 1. The third kappa shape index (κ3) is 5.88. The van der Waals surface area contributed by atoms with Crippen LogP contribution in [0.5, 0.6) is 0 Å². The minimum atomic E-state index is -0.0847. The van der Waals surface area contributed by atoms with Gasteiger partial charge in [-0.15, -0.1) is 12.3 Å². The lowest BCUT2D eigenvalue weighted by Gasteiger charge is -2.08. The first kappa shape index (κ1) is 14.3. The van der Waals surface area contributed by atoms with Crippen LogP contribution < -0.4 is 0 Å². The van der Waals surface area contributed by atoms with Gasteiger partial charge in [0.25, 0.3) is 5.91 Å². The highest BCUT2D eigenvalue weighted by Gasteiger charge is 2.06. The molecule has 0 aliphatic carbocycles. The molecule has 0 aliphatic heterocycles. The van der Waals surface area contributed by atoms with Crippen LogP contribution in [0.15, 0.2) is 4.99 Å². The van der Waals surface area contributed by atoms with E-state index in [1.54, 1.807) is 21.0 Å². The van der Waals surface area contributed by atoms with E-state index in [9.17, 15) is 4.79 Å². The van der Waals surface area contributed by atoms with Crippen LogP contribution in [0.25, 0.3) is 0 Å². The Morgan fingerprint density at radius 1 is 1.50 bits per heavy atom. The molecule has 0 aliphatic rings. The van der Waals surface area contributed by atoms with Crippen molar-refractivity contribution in [3.05, 3.63) is 0 Å². The van der Waals surface area contributed by atoms with Gasteiger partial charge < -0.3 is 4.90 Å².